The van der Waals surface area contributed by atoms with E-state index >= 15 is 0 Å². The fourth-order valence-electron chi connectivity index (χ4n) is 2.70. The molecule has 3 rings (SSSR count). The quantitative estimate of drug-likeness (QED) is 0.881. The molecule has 0 bridgehead atoms. The van der Waals surface area contributed by atoms with Gasteiger partial charge in [0.25, 0.3) is 0 Å². The molecule has 2 heteroatoms. The van der Waals surface area contributed by atoms with Gasteiger partial charge in [-0.3, -0.25) is 4.98 Å². The van der Waals surface area contributed by atoms with E-state index in [1.54, 1.807) is 0 Å². The van der Waals surface area contributed by atoms with Crippen molar-refractivity contribution in [3.8, 4) is 0 Å². The number of nitrogens with zero attached hydrogens (tertiary/aromatic N) is 1. The largest absolute Gasteiger partial charge is 0.314 e. The van der Waals surface area contributed by atoms with Gasteiger partial charge < -0.3 is 5.32 Å². The van der Waals surface area contributed by atoms with Crippen LogP contribution >= 0.6 is 0 Å². The number of aromatic nitrogens is 1. The first-order valence-corrected chi connectivity index (χ1v) is 7.24. The Morgan fingerprint density at radius 1 is 1.21 bits per heavy atom. The van der Waals surface area contributed by atoms with Crippen molar-refractivity contribution >= 4 is 10.9 Å². The monoisotopic (exact) mass is 254 g/mol. The molecule has 1 aromatic heterocycles. The Bertz CT molecular complexity index is 565. The molecule has 0 spiro atoms. The predicted octanol–water partition coefficient (Wildman–Crippen LogP) is 3.65. The van der Waals surface area contributed by atoms with Crippen LogP contribution in [0.2, 0.25) is 0 Å². The molecule has 2 aromatic rings. The highest BCUT2D eigenvalue weighted by atomic mass is 14.9. The summed E-state index contributed by atoms with van der Waals surface area (Å²) < 4.78 is 0. The van der Waals surface area contributed by atoms with Crippen molar-refractivity contribution in [3.63, 3.8) is 0 Å². The van der Waals surface area contributed by atoms with Gasteiger partial charge in [-0.25, -0.2) is 0 Å². The zero-order chi connectivity index (χ0) is 13.3. The lowest BCUT2D eigenvalue weighted by molar-refractivity contribution is 0.459. The van der Waals surface area contributed by atoms with E-state index in [0.717, 1.165) is 24.5 Å². The van der Waals surface area contributed by atoms with E-state index < -0.39 is 0 Å². The minimum absolute atomic E-state index is 0.185. The van der Waals surface area contributed by atoms with Crippen molar-refractivity contribution in [2.24, 2.45) is 0 Å². The molecular formula is C17H22N2. The number of rotatable bonds is 5. The van der Waals surface area contributed by atoms with Crippen LogP contribution in [0.1, 0.15) is 38.7 Å². The van der Waals surface area contributed by atoms with Gasteiger partial charge in [-0.2, -0.15) is 0 Å². The van der Waals surface area contributed by atoms with Crippen LogP contribution in [0.25, 0.3) is 10.9 Å². The molecule has 2 nitrogen and oxygen atoms in total. The zero-order valence-corrected chi connectivity index (χ0v) is 11.8. The molecule has 0 amide bonds. The summed E-state index contributed by atoms with van der Waals surface area (Å²) in [6, 6.07) is 11.5. The highest BCUT2D eigenvalue weighted by Crippen LogP contribution is 2.32. The second-order valence-corrected chi connectivity index (χ2v) is 6.24. The summed E-state index contributed by atoms with van der Waals surface area (Å²) in [4.78, 5) is 4.46. The third-order valence-corrected chi connectivity index (χ3v) is 4.14. The van der Waals surface area contributed by atoms with Gasteiger partial charge in [0.1, 0.15) is 0 Å². The molecule has 1 saturated carbocycles. The summed E-state index contributed by atoms with van der Waals surface area (Å²) in [5, 5.41) is 4.91. The first-order valence-electron chi connectivity index (χ1n) is 7.24. The van der Waals surface area contributed by atoms with Crippen LogP contribution in [0.4, 0.5) is 0 Å². The Balaban J connectivity index is 1.84. The van der Waals surface area contributed by atoms with E-state index in [1.807, 2.05) is 12.3 Å². The van der Waals surface area contributed by atoms with Crippen LogP contribution in [0, 0.1) is 0 Å². The molecule has 0 unspecified atom stereocenters. The van der Waals surface area contributed by atoms with Gasteiger partial charge in [0.15, 0.2) is 0 Å². The zero-order valence-electron chi connectivity index (χ0n) is 11.8. The molecule has 0 radical (unpaired) electrons. The molecule has 0 aliphatic heterocycles. The van der Waals surface area contributed by atoms with Gasteiger partial charge in [-0.05, 0) is 48.9 Å². The maximum absolute atomic E-state index is 4.46. The highest BCUT2D eigenvalue weighted by molar-refractivity contribution is 5.83. The Kier molecular flexibility index (Phi) is 3.28. The highest BCUT2D eigenvalue weighted by Gasteiger charge is 2.25. The van der Waals surface area contributed by atoms with E-state index in [9.17, 15) is 0 Å². The summed E-state index contributed by atoms with van der Waals surface area (Å²) >= 11 is 0. The Labute approximate surface area is 115 Å². The molecule has 1 fully saturated rings. The van der Waals surface area contributed by atoms with E-state index in [0.29, 0.717) is 0 Å². The SMILES string of the molecule is CC(C)(CCNC1CC1)c1cccc2ncccc12. The number of hydrogen-bond acceptors (Lipinski definition) is 2. The molecule has 19 heavy (non-hydrogen) atoms. The van der Waals surface area contributed by atoms with Crippen molar-refractivity contribution in [2.75, 3.05) is 6.54 Å². The van der Waals surface area contributed by atoms with Crippen LogP contribution < -0.4 is 5.32 Å². The molecule has 1 N–H and O–H groups in total. The van der Waals surface area contributed by atoms with Crippen LogP contribution in [0.15, 0.2) is 36.5 Å². The smallest absolute Gasteiger partial charge is 0.0704 e. The van der Waals surface area contributed by atoms with Gasteiger partial charge in [0.05, 0.1) is 5.52 Å². The minimum Gasteiger partial charge on any atom is -0.314 e. The molecular weight excluding hydrogens is 232 g/mol. The molecule has 100 valence electrons. The Hall–Kier alpha value is -1.41. The first-order chi connectivity index (χ1) is 9.17. The van der Waals surface area contributed by atoms with Crippen LogP contribution in [0.5, 0.6) is 0 Å². The van der Waals surface area contributed by atoms with Gasteiger partial charge in [0, 0.05) is 17.6 Å². The summed E-state index contributed by atoms with van der Waals surface area (Å²) in [5.74, 6) is 0. The maximum atomic E-state index is 4.46. The van der Waals surface area contributed by atoms with E-state index in [1.165, 1.54) is 23.8 Å². The summed E-state index contributed by atoms with van der Waals surface area (Å²) in [6.45, 7) is 5.78. The molecule has 0 saturated heterocycles. The van der Waals surface area contributed by atoms with Gasteiger partial charge in [-0.1, -0.05) is 32.0 Å². The third-order valence-electron chi connectivity index (χ3n) is 4.14. The standard InChI is InChI=1S/C17H22N2/c1-17(2,10-12-18-13-8-9-13)15-6-3-7-16-14(15)5-4-11-19-16/h3-7,11,13,18H,8-10,12H2,1-2H3. The maximum Gasteiger partial charge on any atom is 0.0704 e. The van der Waals surface area contributed by atoms with Crippen LogP contribution in [-0.4, -0.2) is 17.6 Å². The summed E-state index contributed by atoms with van der Waals surface area (Å²) in [5.41, 5.74) is 2.70. The van der Waals surface area contributed by atoms with Crippen molar-refractivity contribution < 1.29 is 0 Å². The van der Waals surface area contributed by atoms with E-state index in [2.05, 4.69) is 48.4 Å². The van der Waals surface area contributed by atoms with Gasteiger partial charge in [0.2, 0.25) is 0 Å². The van der Waals surface area contributed by atoms with Crippen molar-refractivity contribution in [3.05, 3.63) is 42.1 Å². The van der Waals surface area contributed by atoms with Crippen molar-refractivity contribution in [1.29, 1.82) is 0 Å². The lowest BCUT2D eigenvalue weighted by Crippen LogP contribution is -2.26. The molecule has 0 atom stereocenters. The normalized spacial score (nSPS) is 15.9. The predicted molar refractivity (Wildman–Crippen MR) is 80.4 cm³/mol. The minimum atomic E-state index is 0.185. The third kappa shape index (κ3) is 2.79. The average Bonchev–Trinajstić information content (AvgIpc) is 3.22. The molecule has 1 heterocycles. The number of pyridine rings is 1. The topological polar surface area (TPSA) is 24.9 Å². The summed E-state index contributed by atoms with van der Waals surface area (Å²) in [6.07, 6.45) is 5.75. The number of nitrogens with one attached hydrogen (secondary N) is 1. The average molecular weight is 254 g/mol. The molecule has 1 aliphatic carbocycles. The van der Waals surface area contributed by atoms with Crippen molar-refractivity contribution in [2.45, 2.75) is 44.6 Å². The lowest BCUT2D eigenvalue weighted by atomic mass is 9.79. The van der Waals surface area contributed by atoms with Crippen LogP contribution in [0.3, 0.4) is 0 Å². The second kappa shape index (κ2) is 4.93. The van der Waals surface area contributed by atoms with Crippen LogP contribution in [-0.2, 0) is 5.41 Å². The summed E-state index contributed by atoms with van der Waals surface area (Å²) in [7, 11) is 0. The first kappa shape index (κ1) is 12.6. The Morgan fingerprint density at radius 3 is 2.84 bits per heavy atom. The molecule has 1 aromatic carbocycles. The van der Waals surface area contributed by atoms with E-state index in [4.69, 9.17) is 0 Å². The fraction of sp³-hybridized carbons (Fsp3) is 0.471. The van der Waals surface area contributed by atoms with Crippen molar-refractivity contribution in [1.82, 2.24) is 10.3 Å². The van der Waals surface area contributed by atoms with Gasteiger partial charge >= 0.3 is 0 Å². The van der Waals surface area contributed by atoms with Gasteiger partial charge in [-0.15, -0.1) is 0 Å². The fourth-order valence-corrected chi connectivity index (χ4v) is 2.70. The second-order valence-electron chi connectivity index (χ2n) is 6.24. The number of fused-ring (bicyclic) bond motifs is 1. The Morgan fingerprint density at radius 2 is 2.05 bits per heavy atom. The molecule has 1 aliphatic rings. The lowest BCUT2D eigenvalue weighted by Gasteiger charge is -2.27. The van der Waals surface area contributed by atoms with E-state index in [-0.39, 0.29) is 5.41 Å². The number of hydrogen-bond donors (Lipinski definition) is 1. The number of benzene rings is 1.